The summed E-state index contributed by atoms with van der Waals surface area (Å²) in [6.07, 6.45) is 13.6. The second-order valence-corrected chi connectivity index (χ2v) is 9.69. The second kappa shape index (κ2) is 7.30. The summed E-state index contributed by atoms with van der Waals surface area (Å²) in [6, 6.07) is 11.3. The zero-order valence-corrected chi connectivity index (χ0v) is 17.7. The van der Waals surface area contributed by atoms with Crippen LogP contribution in [0.1, 0.15) is 67.9 Å². The lowest BCUT2D eigenvalue weighted by Crippen LogP contribution is -2.27. The van der Waals surface area contributed by atoms with Crippen molar-refractivity contribution in [3.63, 3.8) is 0 Å². The maximum absolute atomic E-state index is 9.95. The van der Waals surface area contributed by atoms with Crippen molar-refractivity contribution in [2.75, 3.05) is 0 Å². The summed E-state index contributed by atoms with van der Waals surface area (Å²) in [5, 5.41) is 17.6. The van der Waals surface area contributed by atoms with Gasteiger partial charge in [0, 0.05) is 5.92 Å². The maximum Gasteiger partial charge on any atom is 0.244 e. The van der Waals surface area contributed by atoms with E-state index < -0.39 is 0 Å². The molecule has 1 aliphatic heterocycles. The van der Waals surface area contributed by atoms with E-state index in [1.54, 1.807) is 0 Å². The number of aromatic nitrogens is 2. The van der Waals surface area contributed by atoms with Crippen molar-refractivity contribution in [3.8, 4) is 23.2 Å². The minimum Gasteiger partial charge on any atom is -0.420 e. The third kappa shape index (κ3) is 3.00. The van der Waals surface area contributed by atoms with Crippen molar-refractivity contribution in [1.29, 1.82) is 5.26 Å². The van der Waals surface area contributed by atoms with E-state index in [1.165, 1.54) is 44.1 Å². The second-order valence-electron chi connectivity index (χ2n) is 9.69. The molecule has 1 aromatic heterocycles. The Balaban J connectivity index is 1.39. The van der Waals surface area contributed by atoms with E-state index in [9.17, 15) is 5.26 Å². The van der Waals surface area contributed by atoms with Crippen molar-refractivity contribution in [2.45, 2.75) is 56.8 Å². The van der Waals surface area contributed by atoms with Crippen LogP contribution in [-0.2, 0) is 0 Å². The fourth-order valence-electron chi connectivity index (χ4n) is 6.49. The van der Waals surface area contributed by atoms with Crippen LogP contribution in [0.5, 0.6) is 5.88 Å². The highest BCUT2D eigenvalue weighted by atomic mass is 16.5. The van der Waals surface area contributed by atoms with Gasteiger partial charge in [0.15, 0.2) is 0 Å². The van der Waals surface area contributed by atoms with Crippen molar-refractivity contribution >= 4 is 0 Å². The van der Waals surface area contributed by atoms with Gasteiger partial charge in [-0.3, -0.25) is 5.10 Å². The van der Waals surface area contributed by atoms with Gasteiger partial charge in [0.1, 0.15) is 6.07 Å². The Morgan fingerprint density at radius 2 is 1.87 bits per heavy atom. The Morgan fingerprint density at radius 1 is 1.06 bits per heavy atom. The summed E-state index contributed by atoms with van der Waals surface area (Å²) in [4.78, 5) is 0. The van der Waals surface area contributed by atoms with Crippen LogP contribution in [0.2, 0.25) is 0 Å². The number of hydrogen-bond donors (Lipinski definition) is 2. The minimum atomic E-state index is -0.0690. The van der Waals surface area contributed by atoms with Crippen molar-refractivity contribution in [3.05, 3.63) is 59.0 Å². The van der Waals surface area contributed by atoms with Crippen molar-refractivity contribution in [1.82, 2.24) is 10.2 Å². The number of nitriles is 1. The average molecular weight is 413 g/mol. The maximum atomic E-state index is 9.95. The Labute approximate surface area is 183 Å². The molecule has 2 fully saturated rings. The SMILES string of the molecule is N#CC1=C(N)Oc2n[nH]c(-c3ccc(C4CCCCC4)cc3)c2[C@@H]1[C@@H]1C[C@H]2C=C[C@H]1C2. The Hall–Kier alpha value is -3.00. The number of benzene rings is 1. The monoisotopic (exact) mass is 412 g/mol. The highest BCUT2D eigenvalue weighted by Gasteiger charge is 2.46. The molecule has 0 saturated heterocycles. The summed E-state index contributed by atoms with van der Waals surface area (Å²) in [7, 11) is 0. The molecular formula is C26H28N4O. The highest BCUT2D eigenvalue weighted by Crippen LogP contribution is 2.55. The molecule has 5 nitrogen and oxygen atoms in total. The zero-order valence-electron chi connectivity index (χ0n) is 17.7. The molecule has 5 heteroatoms. The number of nitrogens with zero attached hydrogens (tertiary/aromatic N) is 2. The molecule has 2 heterocycles. The van der Waals surface area contributed by atoms with Gasteiger partial charge < -0.3 is 10.5 Å². The first-order valence-electron chi connectivity index (χ1n) is 11.7. The number of ether oxygens (including phenoxy) is 1. The van der Waals surface area contributed by atoms with Crippen molar-refractivity contribution < 1.29 is 4.74 Å². The number of allylic oxidation sites excluding steroid dienone is 3. The van der Waals surface area contributed by atoms with Gasteiger partial charge in [0.2, 0.25) is 11.8 Å². The molecule has 31 heavy (non-hydrogen) atoms. The zero-order chi connectivity index (χ0) is 20.9. The Bertz CT molecular complexity index is 1100. The van der Waals surface area contributed by atoms with Crippen LogP contribution in [0.25, 0.3) is 11.3 Å². The van der Waals surface area contributed by atoms with E-state index in [0.717, 1.165) is 23.2 Å². The van der Waals surface area contributed by atoms with Gasteiger partial charge in [-0.25, -0.2) is 0 Å². The van der Waals surface area contributed by atoms with Gasteiger partial charge in [0.05, 0.1) is 16.8 Å². The van der Waals surface area contributed by atoms with Crippen LogP contribution >= 0.6 is 0 Å². The van der Waals surface area contributed by atoms with E-state index in [0.29, 0.717) is 35.1 Å². The molecule has 6 rings (SSSR count). The number of nitrogens with one attached hydrogen (secondary N) is 1. The third-order valence-corrected chi connectivity index (χ3v) is 8.02. The lowest BCUT2D eigenvalue weighted by molar-refractivity contribution is 0.330. The normalized spacial score (nSPS) is 29.6. The van der Waals surface area contributed by atoms with Gasteiger partial charge in [-0.2, -0.15) is 5.26 Å². The first-order chi connectivity index (χ1) is 15.2. The average Bonchev–Trinajstić information content (AvgIpc) is 3.55. The molecular weight excluding hydrogens is 384 g/mol. The standard InChI is InChI=1S/C26H28N4O/c27-14-21-22(20-13-15-6-7-19(20)12-15)23-24(29-30-26(23)31-25(21)28)18-10-8-17(9-11-18)16-4-2-1-3-5-16/h6-11,15-16,19-20,22H,1-5,12-13,28H2,(H,29,30)/t15-,19-,20+,22+/m0/s1. The molecule has 0 unspecified atom stereocenters. The molecule has 2 aromatic rings. The number of hydrogen-bond acceptors (Lipinski definition) is 4. The molecule has 1 aromatic carbocycles. The van der Waals surface area contributed by atoms with Crippen LogP contribution in [0.4, 0.5) is 0 Å². The van der Waals surface area contributed by atoms with Crippen LogP contribution in [0, 0.1) is 29.1 Å². The summed E-state index contributed by atoms with van der Waals surface area (Å²) >= 11 is 0. The third-order valence-electron chi connectivity index (χ3n) is 8.02. The van der Waals surface area contributed by atoms with Crippen LogP contribution in [0.15, 0.2) is 47.9 Å². The molecule has 3 N–H and O–H groups in total. The number of rotatable bonds is 3. The molecule has 0 amide bonds. The summed E-state index contributed by atoms with van der Waals surface area (Å²) in [5.41, 5.74) is 11.2. The number of nitrogens with two attached hydrogens (primary N) is 1. The van der Waals surface area contributed by atoms with Crippen LogP contribution < -0.4 is 10.5 Å². The summed E-state index contributed by atoms with van der Waals surface area (Å²) < 4.78 is 5.80. The first-order valence-corrected chi connectivity index (χ1v) is 11.7. The molecule has 4 aliphatic rings. The minimum absolute atomic E-state index is 0.0690. The van der Waals surface area contributed by atoms with E-state index in [1.807, 2.05) is 0 Å². The molecule has 2 bridgehead atoms. The predicted molar refractivity (Wildman–Crippen MR) is 119 cm³/mol. The topological polar surface area (TPSA) is 87.7 Å². The summed E-state index contributed by atoms with van der Waals surface area (Å²) in [5.74, 6) is 2.82. The van der Waals surface area contributed by atoms with Gasteiger partial charge >= 0.3 is 0 Å². The van der Waals surface area contributed by atoms with E-state index >= 15 is 0 Å². The number of H-pyrrole nitrogens is 1. The molecule has 0 spiro atoms. The lowest BCUT2D eigenvalue weighted by atomic mass is 9.73. The largest absolute Gasteiger partial charge is 0.420 e. The quantitative estimate of drug-likeness (QED) is 0.651. The summed E-state index contributed by atoms with van der Waals surface area (Å²) in [6.45, 7) is 0. The Morgan fingerprint density at radius 3 is 2.55 bits per heavy atom. The Kier molecular flexibility index (Phi) is 4.41. The van der Waals surface area contributed by atoms with E-state index in [4.69, 9.17) is 10.5 Å². The van der Waals surface area contributed by atoms with E-state index in [2.05, 4.69) is 52.7 Å². The molecule has 3 aliphatic carbocycles. The number of fused-ring (bicyclic) bond motifs is 3. The molecule has 2 saturated carbocycles. The first kappa shape index (κ1) is 18.7. The fourth-order valence-corrected chi connectivity index (χ4v) is 6.49. The van der Waals surface area contributed by atoms with Gasteiger partial charge in [-0.05, 0) is 60.5 Å². The number of aromatic amines is 1. The van der Waals surface area contributed by atoms with E-state index in [-0.39, 0.29) is 11.8 Å². The van der Waals surface area contributed by atoms with Crippen molar-refractivity contribution in [2.24, 2.45) is 23.5 Å². The smallest absolute Gasteiger partial charge is 0.244 e. The fraction of sp³-hybridized carbons (Fsp3) is 0.462. The molecule has 158 valence electrons. The predicted octanol–water partition coefficient (Wildman–Crippen LogP) is 5.51. The molecule has 0 radical (unpaired) electrons. The molecule has 4 atom stereocenters. The van der Waals surface area contributed by atoms with Gasteiger partial charge in [-0.15, -0.1) is 5.10 Å². The lowest BCUT2D eigenvalue weighted by Gasteiger charge is -2.31. The van der Waals surface area contributed by atoms with Gasteiger partial charge in [-0.1, -0.05) is 55.7 Å². The van der Waals surface area contributed by atoms with Crippen LogP contribution in [0.3, 0.4) is 0 Å². The van der Waals surface area contributed by atoms with Crippen LogP contribution in [-0.4, -0.2) is 10.2 Å². The van der Waals surface area contributed by atoms with Gasteiger partial charge in [0.25, 0.3) is 0 Å². The highest BCUT2D eigenvalue weighted by molar-refractivity contribution is 5.69.